The van der Waals surface area contributed by atoms with E-state index >= 15 is 0 Å². The number of methoxy groups -OCH3 is 1. The van der Waals surface area contributed by atoms with Gasteiger partial charge in [0.1, 0.15) is 11.5 Å². The minimum Gasteiger partial charge on any atom is -0.497 e. The molecule has 2 amide bonds. The van der Waals surface area contributed by atoms with Crippen molar-refractivity contribution in [2.75, 3.05) is 12.4 Å². The second kappa shape index (κ2) is 11.4. The highest BCUT2D eigenvalue weighted by molar-refractivity contribution is 6.40. The lowest BCUT2D eigenvalue weighted by Gasteiger charge is -2.11. The average Bonchev–Trinajstić information content (AvgIpc) is 2.92. The zero-order valence-corrected chi connectivity index (χ0v) is 20.7. The molecule has 9 heteroatoms. The van der Waals surface area contributed by atoms with E-state index in [4.69, 9.17) is 21.1 Å². The summed E-state index contributed by atoms with van der Waals surface area (Å²) in [6.07, 6.45) is 1.33. The molecule has 0 unspecified atom stereocenters. The minimum atomic E-state index is -0.979. The molecule has 0 aliphatic heterocycles. The summed E-state index contributed by atoms with van der Waals surface area (Å²) in [5.74, 6) is -1.62. The van der Waals surface area contributed by atoms with Crippen LogP contribution in [0.3, 0.4) is 0 Å². The molecule has 0 heterocycles. The Morgan fingerprint density at radius 3 is 2.41 bits per heavy atom. The van der Waals surface area contributed by atoms with Crippen LogP contribution in [0, 0.1) is 6.92 Å². The predicted molar refractivity (Wildman–Crippen MR) is 142 cm³/mol. The SMILES string of the molecule is COc1ccc(C(=O)Oc2ccc3ccccc3c2/C=N\NC(=O)C(=O)Nc2cccc(Cl)c2C)cc1. The molecule has 0 atom stereocenters. The van der Waals surface area contributed by atoms with Crippen molar-refractivity contribution >= 4 is 52.1 Å². The molecule has 0 aromatic heterocycles. The summed E-state index contributed by atoms with van der Waals surface area (Å²) >= 11 is 6.06. The Bertz CT molecular complexity index is 1520. The third kappa shape index (κ3) is 5.94. The number of carbonyl (C=O) groups is 3. The number of rotatable bonds is 6. The molecule has 0 aliphatic rings. The summed E-state index contributed by atoms with van der Waals surface area (Å²) in [6, 6.07) is 22.3. The van der Waals surface area contributed by atoms with Crippen molar-refractivity contribution in [1.29, 1.82) is 0 Å². The number of carbonyl (C=O) groups excluding carboxylic acids is 3. The van der Waals surface area contributed by atoms with Crippen molar-refractivity contribution in [2.24, 2.45) is 5.10 Å². The van der Waals surface area contributed by atoms with Crippen LogP contribution in [0.5, 0.6) is 11.5 Å². The van der Waals surface area contributed by atoms with E-state index in [0.29, 0.717) is 33.1 Å². The van der Waals surface area contributed by atoms with Crippen molar-refractivity contribution in [3.8, 4) is 11.5 Å². The molecule has 0 radical (unpaired) electrons. The van der Waals surface area contributed by atoms with Crippen molar-refractivity contribution in [3.63, 3.8) is 0 Å². The summed E-state index contributed by atoms with van der Waals surface area (Å²) in [5.41, 5.74) is 4.04. The summed E-state index contributed by atoms with van der Waals surface area (Å²) in [5, 5.41) is 8.51. The molecule has 0 bridgehead atoms. The van der Waals surface area contributed by atoms with Crippen molar-refractivity contribution < 1.29 is 23.9 Å². The number of benzene rings is 4. The number of halogens is 1. The Labute approximate surface area is 217 Å². The zero-order chi connectivity index (χ0) is 26.4. The van der Waals surface area contributed by atoms with Crippen LogP contribution < -0.4 is 20.2 Å². The highest BCUT2D eigenvalue weighted by atomic mass is 35.5. The first-order valence-electron chi connectivity index (χ1n) is 11.1. The third-order valence-corrected chi connectivity index (χ3v) is 5.95. The van der Waals surface area contributed by atoms with Gasteiger partial charge < -0.3 is 14.8 Å². The smallest absolute Gasteiger partial charge is 0.343 e. The van der Waals surface area contributed by atoms with Gasteiger partial charge in [-0.3, -0.25) is 9.59 Å². The number of anilines is 1. The highest BCUT2D eigenvalue weighted by Crippen LogP contribution is 2.28. The van der Waals surface area contributed by atoms with E-state index in [2.05, 4.69) is 15.8 Å². The van der Waals surface area contributed by atoms with Crippen molar-refractivity contribution in [2.45, 2.75) is 6.92 Å². The molecule has 4 aromatic carbocycles. The fourth-order valence-corrected chi connectivity index (χ4v) is 3.69. The summed E-state index contributed by atoms with van der Waals surface area (Å²) in [4.78, 5) is 37.4. The second-order valence-electron chi connectivity index (χ2n) is 7.88. The number of nitrogens with one attached hydrogen (secondary N) is 2. The monoisotopic (exact) mass is 515 g/mol. The second-order valence-corrected chi connectivity index (χ2v) is 8.29. The van der Waals surface area contributed by atoms with Crippen LogP contribution in [-0.2, 0) is 9.59 Å². The average molecular weight is 516 g/mol. The van der Waals surface area contributed by atoms with Crippen molar-refractivity contribution in [3.05, 3.63) is 101 Å². The zero-order valence-electron chi connectivity index (χ0n) is 19.9. The molecular formula is C28H22ClN3O5. The van der Waals surface area contributed by atoms with Crippen LogP contribution in [0.15, 0.2) is 84.0 Å². The molecule has 8 nitrogen and oxygen atoms in total. The van der Waals surface area contributed by atoms with Gasteiger partial charge in [0, 0.05) is 16.3 Å². The molecule has 0 aliphatic carbocycles. The van der Waals surface area contributed by atoms with Crippen molar-refractivity contribution in [1.82, 2.24) is 5.43 Å². The fraction of sp³-hybridized carbons (Fsp3) is 0.0714. The lowest BCUT2D eigenvalue weighted by atomic mass is 10.0. The topological polar surface area (TPSA) is 106 Å². The van der Waals surface area contributed by atoms with Gasteiger partial charge in [0.25, 0.3) is 0 Å². The number of amides is 2. The van der Waals surface area contributed by atoms with Gasteiger partial charge in [0.2, 0.25) is 0 Å². The molecule has 0 saturated carbocycles. The van der Waals surface area contributed by atoms with Gasteiger partial charge in [-0.05, 0) is 65.7 Å². The lowest BCUT2D eigenvalue weighted by molar-refractivity contribution is -0.136. The van der Waals surface area contributed by atoms with Gasteiger partial charge >= 0.3 is 17.8 Å². The first-order chi connectivity index (χ1) is 17.9. The molecule has 0 fully saturated rings. The van der Waals surface area contributed by atoms with E-state index in [-0.39, 0.29) is 5.75 Å². The third-order valence-electron chi connectivity index (χ3n) is 5.54. The van der Waals surface area contributed by atoms with E-state index in [1.807, 2.05) is 30.3 Å². The fourth-order valence-electron chi connectivity index (χ4n) is 3.51. The number of ether oxygens (including phenoxy) is 2. The Morgan fingerprint density at radius 1 is 0.892 bits per heavy atom. The van der Waals surface area contributed by atoms with Crippen LogP contribution in [0.1, 0.15) is 21.5 Å². The molecule has 186 valence electrons. The van der Waals surface area contributed by atoms with Crippen LogP contribution in [0.2, 0.25) is 5.02 Å². The standard InChI is InChI=1S/C28H22ClN3O5/c1-17-23(29)8-5-9-24(17)31-26(33)27(34)32-30-16-22-21-7-4-3-6-18(21)12-15-25(22)37-28(35)19-10-13-20(36-2)14-11-19/h3-16H,1-2H3,(H,31,33)(H,32,34)/b30-16-. The van der Waals surface area contributed by atoms with Crippen LogP contribution in [0.4, 0.5) is 5.69 Å². The number of hydrazone groups is 1. The Balaban J connectivity index is 1.54. The maximum atomic E-state index is 12.8. The van der Waals surface area contributed by atoms with E-state index in [1.165, 1.54) is 13.3 Å². The maximum Gasteiger partial charge on any atom is 0.343 e. The van der Waals surface area contributed by atoms with Gasteiger partial charge in [-0.25, -0.2) is 10.2 Å². The molecule has 37 heavy (non-hydrogen) atoms. The number of esters is 1. The lowest BCUT2D eigenvalue weighted by Crippen LogP contribution is -2.32. The Morgan fingerprint density at radius 2 is 1.65 bits per heavy atom. The van der Waals surface area contributed by atoms with Gasteiger partial charge in [0.05, 0.1) is 18.9 Å². The number of fused-ring (bicyclic) bond motifs is 1. The normalized spacial score (nSPS) is 10.8. The summed E-state index contributed by atoms with van der Waals surface area (Å²) in [7, 11) is 1.54. The van der Waals surface area contributed by atoms with E-state index in [1.54, 1.807) is 55.5 Å². The number of nitrogens with zero attached hydrogens (tertiary/aromatic N) is 1. The number of hydrogen-bond donors (Lipinski definition) is 2. The molecule has 2 N–H and O–H groups in total. The van der Waals surface area contributed by atoms with Gasteiger partial charge in [-0.15, -0.1) is 0 Å². The summed E-state index contributed by atoms with van der Waals surface area (Å²) < 4.78 is 10.8. The van der Waals surface area contributed by atoms with Gasteiger partial charge in [-0.1, -0.05) is 48.0 Å². The first-order valence-corrected chi connectivity index (χ1v) is 11.5. The van der Waals surface area contributed by atoms with Gasteiger partial charge in [-0.2, -0.15) is 5.10 Å². The maximum absolute atomic E-state index is 12.8. The molecule has 4 rings (SSSR count). The number of hydrogen-bond acceptors (Lipinski definition) is 6. The van der Waals surface area contributed by atoms with E-state index in [9.17, 15) is 14.4 Å². The van der Waals surface area contributed by atoms with Crippen LogP contribution in [-0.4, -0.2) is 31.1 Å². The Kier molecular flexibility index (Phi) is 7.80. The van der Waals surface area contributed by atoms with Gasteiger partial charge in [0.15, 0.2) is 0 Å². The van der Waals surface area contributed by atoms with Crippen LogP contribution >= 0.6 is 11.6 Å². The first kappa shape index (κ1) is 25.4. The quantitative estimate of drug-likeness (QED) is 0.122. The molecule has 0 spiro atoms. The molecule has 4 aromatic rings. The molecule has 0 saturated heterocycles. The predicted octanol–water partition coefficient (Wildman–Crippen LogP) is 5.12. The summed E-state index contributed by atoms with van der Waals surface area (Å²) in [6.45, 7) is 1.73. The Hall–Kier alpha value is -4.69. The van der Waals surface area contributed by atoms with E-state index in [0.717, 1.165) is 10.8 Å². The molecular weight excluding hydrogens is 494 g/mol. The van der Waals surface area contributed by atoms with E-state index < -0.39 is 17.8 Å². The minimum absolute atomic E-state index is 0.233. The van der Waals surface area contributed by atoms with Crippen LogP contribution in [0.25, 0.3) is 10.8 Å². The highest BCUT2D eigenvalue weighted by Gasteiger charge is 2.16. The largest absolute Gasteiger partial charge is 0.497 e.